The van der Waals surface area contributed by atoms with E-state index in [2.05, 4.69) is 0 Å². The summed E-state index contributed by atoms with van der Waals surface area (Å²) in [5.41, 5.74) is 1.92. The number of ether oxygens (including phenoxy) is 1. The van der Waals surface area contributed by atoms with Gasteiger partial charge in [-0.15, -0.1) is 0 Å². The lowest BCUT2D eigenvalue weighted by Crippen LogP contribution is -2.34. The zero-order chi connectivity index (χ0) is 11.9. The third-order valence-corrected chi connectivity index (χ3v) is 3.36. The summed E-state index contributed by atoms with van der Waals surface area (Å²) in [6.45, 7) is 3.96. The highest BCUT2D eigenvalue weighted by molar-refractivity contribution is 6.15. The van der Waals surface area contributed by atoms with E-state index in [9.17, 15) is 4.79 Å². The highest BCUT2D eigenvalue weighted by Crippen LogP contribution is 2.43. The molecule has 0 heterocycles. The van der Waals surface area contributed by atoms with E-state index in [1.54, 1.807) is 0 Å². The molecule has 0 bridgehead atoms. The van der Waals surface area contributed by atoms with E-state index in [1.165, 1.54) is 7.11 Å². The fourth-order valence-electron chi connectivity index (χ4n) is 2.48. The van der Waals surface area contributed by atoms with E-state index in [1.807, 2.05) is 38.1 Å². The van der Waals surface area contributed by atoms with Crippen molar-refractivity contribution in [1.29, 1.82) is 5.41 Å². The molecule has 1 unspecified atom stereocenters. The maximum Gasteiger partial charge on any atom is 0.315 e. The summed E-state index contributed by atoms with van der Waals surface area (Å²) < 4.78 is 4.79. The van der Waals surface area contributed by atoms with Gasteiger partial charge in [0.25, 0.3) is 0 Å². The van der Waals surface area contributed by atoms with Gasteiger partial charge in [-0.25, -0.2) is 0 Å². The second-order valence-electron chi connectivity index (χ2n) is 4.64. The number of carbonyl (C=O) groups excluding carboxylic acids is 1. The first-order chi connectivity index (χ1) is 7.50. The number of fused-ring (bicyclic) bond motifs is 1. The van der Waals surface area contributed by atoms with E-state index in [-0.39, 0.29) is 11.4 Å². The van der Waals surface area contributed by atoms with Gasteiger partial charge in [-0.05, 0) is 11.1 Å². The number of hydrogen-bond acceptors (Lipinski definition) is 3. The fraction of sp³-hybridized carbons (Fsp3) is 0.385. The molecule has 0 saturated carbocycles. The summed E-state index contributed by atoms with van der Waals surface area (Å²) in [6.07, 6.45) is 0. The van der Waals surface area contributed by atoms with Crippen molar-refractivity contribution in [2.45, 2.75) is 19.3 Å². The van der Waals surface area contributed by atoms with E-state index < -0.39 is 5.92 Å². The predicted octanol–water partition coefficient (Wildman–Crippen LogP) is 2.13. The second kappa shape index (κ2) is 3.44. The largest absolute Gasteiger partial charge is 0.468 e. The van der Waals surface area contributed by atoms with Gasteiger partial charge in [-0.1, -0.05) is 38.1 Å². The standard InChI is InChI=1S/C13H15NO2/c1-13(2)9-7-5-4-6-8(9)11(14)10(13)12(15)16-3/h4-7,10,14H,1-3H3. The summed E-state index contributed by atoms with van der Waals surface area (Å²) in [5.74, 6) is -0.818. The molecular weight excluding hydrogens is 202 g/mol. The van der Waals surface area contributed by atoms with E-state index in [0.29, 0.717) is 5.71 Å². The van der Waals surface area contributed by atoms with Crippen LogP contribution in [-0.2, 0) is 14.9 Å². The molecular formula is C13H15NO2. The van der Waals surface area contributed by atoms with Crippen LogP contribution in [0.1, 0.15) is 25.0 Å². The Kier molecular flexibility index (Phi) is 2.34. The highest BCUT2D eigenvalue weighted by atomic mass is 16.5. The molecule has 1 N–H and O–H groups in total. The van der Waals surface area contributed by atoms with Crippen molar-refractivity contribution in [3.63, 3.8) is 0 Å². The van der Waals surface area contributed by atoms with Crippen molar-refractivity contribution < 1.29 is 9.53 Å². The van der Waals surface area contributed by atoms with Crippen molar-refractivity contribution in [2.24, 2.45) is 5.92 Å². The van der Waals surface area contributed by atoms with Gasteiger partial charge < -0.3 is 10.1 Å². The average Bonchev–Trinajstić information content (AvgIpc) is 2.47. The summed E-state index contributed by atoms with van der Waals surface area (Å²) in [7, 11) is 1.37. The highest BCUT2D eigenvalue weighted by Gasteiger charge is 2.47. The molecule has 1 aliphatic rings. The van der Waals surface area contributed by atoms with Crippen molar-refractivity contribution in [1.82, 2.24) is 0 Å². The van der Waals surface area contributed by atoms with E-state index in [4.69, 9.17) is 10.1 Å². The van der Waals surface area contributed by atoms with Crippen LogP contribution in [0.2, 0.25) is 0 Å². The lowest BCUT2D eigenvalue weighted by molar-refractivity contribution is -0.144. The van der Waals surface area contributed by atoms with Crippen LogP contribution in [-0.4, -0.2) is 18.8 Å². The van der Waals surface area contributed by atoms with Crippen LogP contribution < -0.4 is 0 Å². The molecule has 1 aromatic carbocycles. The Labute approximate surface area is 94.9 Å². The molecule has 0 spiro atoms. The quantitative estimate of drug-likeness (QED) is 0.733. The van der Waals surface area contributed by atoms with Gasteiger partial charge in [-0.2, -0.15) is 0 Å². The first kappa shape index (κ1) is 10.9. The minimum atomic E-state index is -0.491. The van der Waals surface area contributed by atoms with Gasteiger partial charge in [0.15, 0.2) is 0 Å². The van der Waals surface area contributed by atoms with Crippen LogP contribution in [0, 0.1) is 11.3 Å². The van der Waals surface area contributed by atoms with Crippen LogP contribution in [0.5, 0.6) is 0 Å². The van der Waals surface area contributed by atoms with Gasteiger partial charge in [0.1, 0.15) is 5.92 Å². The molecule has 84 valence electrons. The molecule has 0 saturated heterocycles. The zero-order valence-corrected chi connectivity index (χ0v) is 9.70. The molecule has 1 aliphatic carbocycles. The molecule has 3 nitrogen and oxygen atoms in total. The Morgan fingerprint density at radius 1 is 1.38 bits per heavy atom. The van der Waals surface area contributed by atoms with Crippen molar-refractivity contribution >= 4 is 11.7 Å². The van der Waals surface area contributed by atoms with Crippen molar-refractivity contribution in [2.75, 3.05) is 7.11 Å². The van der Waals surface area contributed by atoms with Gasteiger partial charge in [-0.3, -0.25) is 4.79 Å². The molecule has 2 rings (SSSR count). The minimum Gasteiger partial charge on any atom is -0.468 e. The number of hydrogen-bond donors (Lipinski definition) is 1. The number of rotatable bonds is 1. The van der Waals surface area contributed by atoms with Crippen molar-refractivity contribution in [3.8, 4) is 0 Å². The topological polar surface area (TPSA) is 50.2 Å². The van der Waals surface area contributed by atoms with E-state index >= 15 is 0 Å². The molecule has 0 fully saturated rings. The zero-order valence-electron chi connectivity index (χ0n) is 9.70. The first-order valence-electron chi connectivity index (χ1n) is 5.26. The second-order valence-corrected chi connectivity index (χ2v) is 4.64. The molecule has 0 amide bonds. The average molecular weight is 217 g/mol. The predicted molar refractivity (Wildman–Crippen MR) is 61.8 cm³/mol. The van der Waals surface area contributed by atoms with Gasteiger partial charge in [0.2, 0.25) is 0 Å². The van der Waals surface area contributed by atoms with Crippen LogP contribution in [0.3, 0.4) is 0 Å². The third kappa shape index (κ3) is 1.28. The summed E-state index contributed by atoms with van der Waals surface area (Å²) in [5, 5.41) is 8.08. The normalized spacial score (nSPS) is 21.7. The van der Waals surface area contributed by atoms with Crippen LogP contribution in [0.25, 0.3) is 0 Å². The molecule has 16 heavy (non-hydrogen) atoms. The first-order valence-corrected chi connectivity index (χ1v) is 5.26. The summed E-state index contributed by atoms with van der Waals surface area (Å²) in [4.78, 5) is 11.7. The number of nitrogens with one attached hydrogen (secondary N) is 1. The molecule has 3 heteroatoms. The Hall–Kier alpha value is -1.64. The number of methoxy groups -OCH3 is 1. The number of carbonyl (C=O) groups is 1. The molecule has 0 aromatic heterocycles. The molecule has 0 aliphatic heterocycles. The van der Waals surface area contributed by atoms with Gasteiger partial charge in [0, 0.05) is 5.41 Å². The maximum absolute atomic E-state index is 11.7. The Morgan fingerprint density at radius 3 is 2.56 bits per heavy atom. The molecule has 1 atom stereocenters. The number of benzene rings is 1. The smallest absolute Gasteiger partial charge is 0.315 e. The number of esters is 1. The Morgan fingerprint density at radius 2 is 2.00 bits per heavy atom. The minimum absolute atomic E-state index is 0.328. The van der Waals surface area contributed by atoms with E-state index in [0.717, 1.165) is 11.1 Å². The van der Waals surface area contributed by atoms with Crippen LogP contribution in [0.15, 0.2) is 24.3 Å². The van der Waals surface area contributed by atoms with Gasteiger partial charge in [0.05, 0.1) is 12.8 Å². The van der Waals surface area contributed by atoms with Crippen LogP contribution in [0.4, 0.5) is 0 Å². The Balaban J connectivity index is 2.57. The maximum atomic E-state index is 11.7. The van der Waals surface area contributed by atoms with Crippen LogP contribution >= 0.6 is 0 Å². The lowest BCUT2D eigenvalue weighted by Gasteiger charge is -2.25. The van der Waals surface area contributed by atoms with Gasteiger partial charge >= 0.3 is 5.97 Å². The lowest BCUT2D eigenvalue weighted by atomic mass is 9.78. The molecule has 0 radical (unpaired) electrons. The van der Waals surface area contributed by atoms with Crippen molar-refractivity contribution in [3.05, 3.63) is 35.4 Å². The Bertz CT molecular complexity index is 463. The SMILES string of the molecule is COC(=O)C1C(=N)c2ccccc2C1(C)C. The summed E-state index contributed by atoms with van der Waals surface area (Å²) in [6, 6.07) is 7.70. The fourth-order valence-corrected chi connectivity index (χ4v) is 2.48. The molecule has 1 aromatic rings. The third-order valence-electron chi connectivity index (χ3n) is 3.36. The summed E-state index contributed by atoms with van der Waals surface area (Å²) >= 11 is 0. The monoisotopic (exact) mass is 217 g/mol.